The monoisotopic (exact) mass is 437 g/mol. The Bertz CT molecular complexity index is 472. The minimum atomic E-state index is -0.207. The summed E-state index contributed by atoms with van der Waals surface area (Å²) in [6.07, 6.45) is 0.914. The maximum Gasteiger partial charge on any atom is 0.191 e. The summed E-state index contributed by atoms with van der Waals surface area (Å²) in [4.78, 5) is 4.20. The lowest BCUT2D eigenvalue weighted by Crippen LogP contribution is -2.45. The number of nitrogens with one attached hydrogen (secondary N) is 2. The number of nitrogens with zero attached hydrogens (tertiary/aromatic N) is 1. The van der Waals surface area contributed by atoms with Crippen LogP contribution < -0.4 is 10.6 Å². The Morgan fingerprint density at radius 3 is 2.30 bits per heavy atom. The predicted octanol–water partition coefficient (Wildman–Crippen LogP) is 3.21. The summed E-state index contributed by atoms with van der Waals surface area (Å²) in [5, 5.41) is 6.53. The molecule has 0 amide bonds. The fourth-order valence-corrected chi connectivity index (χ4v) is 2.13. The Balaban J connectivity index is 0.00000484. The van der Waals surface area contributed by atoms with Gasteiger partial charge in [0.1, 0.15) is 5.82 Å². The lowest BCUT2D eigenvalue weighted by Gasteiger charge is -2.30. The van der Waals surface area contributed by atoms with Gasteiger partial charge in [-0.15, -0.1) is 24.0 Å². The summed E-state index contributed by atoms with van der Waals surface area (Å²) < 4.78 is 18.4. The Labute approximate surface area is 156 Å². The van der Waals surface area contributed by atoms with Crippen molar-refractivity contribution in [3.8, 4) is 0 Å². The van der Waals surface area contributed by atoms with Crippen LogP contribution in [0.25, 0.3) is 0 Å². The zero-order valence-corrected chi connectivity index (χ0v) is 17.0. The third kappa shape index (κ3) is 8.50. The molecule has 0 spiro atoms. The van der Waals surface area contributed by atoms with Crippen molar-refractivity contribution < 1.29 is 9.13 Å². The van der Waals surface area contributed by atoms with Crippen LogP contribution in [0.2, 0.25) is 0 Å². The van der Waals surface area contributed by atoms with Gasteiger partial charge in [0.15, 0.2) is 5.96 Å². The van der Waals surface area contributed by atoms with Crippen LogP contribution >= 0.6 is 24.0 Å². The highest BCUT2D eigenvalue weighted by molar-refractivity contribution is 14.0. The molecule has 2 N–H and O–H groups in total. The van der Waals surface area contributed by atoms with Crippen molar-refractivity contribution in [1.29, 1.82) is 0 Å². The quantitative estimate of drug-likeness (QED) is 0.408. The van der Waals surface area contributed by atoms with E-state index >= 15 is 0 Å². The van der Waals surface area contributed by atoms with Crippen LogP contribution in [-0.2, 0) is 11.2 Å². The fourth-order valence-electron chi connectivity index (χ4n) is 2.13. The maximum atomic E-state index is 12.8. The third-order valence-corrected chi connectivity index (χ3v) is 3.55. The second-order valence-corrected chi connectivity index (χ2v) is 6.35. The first-order valence-electron chi connectivity index (χ1n) is 7.58. The summed E-state index contributed by atoms with van der Waals surface area (Å²) in [6.45, 7) is 7.86. The van der Waals surface area contributed by atoms with E-state index in [1.165, 1.54) is 12.1 Å². The van der Waals surface area contributed by atoms with Crippen LogP contribution in [0.4, 0.5) is 4.39 Å². The standard InChI is InChI=1S/C17H28FN3O.HI/c1-17(2,3)15(22-5)12-21-16(19-4)20-11-10-13-6-8-14(18)9-7-13;/h6-9,15H,10-12H2,1-5H3,(H2,19,20,21);1H. The van der Waals surface area contributed by atoms with E-state index in [0.29, 0.717) is 6.54 Å². The minimum Gasteiger partial charge on any atom is -0.379 e. The van der Waals surface area contributed by atoms with Crippen LogP contribution in [0.15, 0.2) is 29.3 Å². The van der Waals surface area contributed by atoms with Gasteiger partial charge in [-0.2, -0.15) is 0 Å². The molecule has 0 fully saturated rings. The maximum absolute atomic E-state index is 12.8. The largest absolute Gasteiger partial charge is 0.379 e. The van der Waals surface area contributed by atoms with Crippen LogP contribution in [0.1, 0.15) is 26.3 Å². The molecule has 0 bridgehead atoms. The first-order chi connectivity index (χ1) is 10.4. The molecule has 1 unspecified atom stereocenters. The molecule has 0 saturated carbocycles. The summed E-state index contributed by atoms with van der Waals surface area (Å²) in [5.74, 6) is 0.537. The van der Waals surface area contributed by atoms with Gasteiger partial charge in [-0.3, -0.25) is 4.99 Å². The molecule has 0 radical (unpaired) electrons. The van der Waals surface area contributed by atoms with Gasteiger partial charge in [-0.25, -0.2) is 4.39 Å². The number of hydrogen-bond donors (Lipinski definition) is 2. The highest BCUT2D eigenvalue weighted by atomic mass is 127. The highest BCUT2D eigenvalue weighted by Gasteiger charge is 2.24. The first-order valence-corrected chi connectivity index (χ1v) is 7.58. The molecule has 4 nitrogen and oxygen atoms in total. The molecule has 0 aromatic heterocycles. The number of guanidine groups is 1. The Hall–Kier alpha value is -0.890. The van der Waals surface area contributed by atoms with Crippen LogP contribution in [0.5, 0.6) is 0 Å². The lowest BCUT2D eigenvalue weighted by molar-refractivity contribution is 0.0205. The van der Waals surface area contributed by atoms with Gasteiger partial charge >= 0.3 is 0 Å². The molecular formula is C17H29FIN3O. The second kappa shape index (κ2) is 10.8. The molecule has 1 rings (SSSR count). The molecule has 0 saturated heterocycles. The van der Waals surface area contributed by atoms with Gasteiger partial charge < -0.3 is 15.4 Å². The van der Waals surface area contributed by atoms with Crippen LogP contribution in [-0.4, -0.2) is 39.3 Å². The molecule has 132 valence electrons. The lowest BCUT2D eigenvalue weighted by atomic mass is 9.89. The Morgan fingerprint density at radius 1 is 1.22 bits per heavy atom. The average Bonchev–Trinajstić information content (AvgIpc) is 2.46. The zero-order valence-electron chi connectivity index (χ0n) is 14.6. The summed E-state index contributed by atoms with van der Waals surface area (Å²) in [7, 11) is 3.47. The summed E-state index contributed by atoms with van der Waals surface area (Å²) >= 11 is 0. The molecular weight excluding hydrogens is 408 g/mol. The van der Waals surface area contributed by atoms with E-state index in [-0.39, 0.29) is 41.3 Å². The molecule has 0 heterocycles. The van der Waals surface area contributed by atoms with E-state index < -0.39 is 0 Å². The number of benzene rings is 1. The highest BCUT2D eigenvalue weighted by Crippen LogP contribution is 2.20. The van der Waals surface area contributed by atoms with Gasteiger partial charge in [-0.05, 0) is 29.5 Å². The predicted molar refractivity (Wildman–Crippen MR) is 105 cm³/mol. The van der Waals surface area contributed by atoms with Gasteiger partial charge in [0.05, 0.1) is 6.10 Å². The normalized spacial score (nSPS) is 13.2. The first kappa shape index (κ1) is 22.1. The van der Waals surface area contributed by atoms with Crippen molar-refractivity contribution in [2.24, 2.45) is 10.4 Å². The number of rotatable bonds is 6. The number of ether oxygens (including phenoxy) is 1. The summed E-state index contributed by atoms with van der Waals surface area (Å²) in [5.41, 5.74) is 1.16. The smallest absolute Gasteiger partial charge is 0.191 e. The number of methoxy groups -OCH3 is 1. The van der Waals surface area contributed by atoms with E-state index in [0.717, 1.165) is 24.5 Å². The van der Waals surface area contributed by atoms with E-state index in [1.807, 2.05) is 0 Å². The zero-order chi connectivity index (χ0) is 16.6. The number of aliphatic imine (C=N–C) groups is 1. The number of halogens is 2. The van der Waals surface area contributed by atoms with E-state index in [4.69, 9.17) is 4.74 Å². The van der Waals surface area contributed by atoms with Crippen molar-refractivity contribution in [2.45, 2.75) is 33.3 Å². The number of hydrogen-bond acceptors (Lipinski definition) is 2. The van der Waals surface area contributed by atoms with Crippen LogP contribution in [0.3, 0.4) is 0 Å². The van der Waals surface area contributed by atoms with E-state index in [1.54, 1.807) is 26.3 Å². The fraction of sp³-hybridized carbons (Fsp3) is 0.588. The van der Waals surface area contributed by atoms with Gasteiger partial charge in [0, 0.05) is 27.2 Å². The minimum absolute atomic E-state index is 0. The van der Waals surface area contributed by atoms with Crippen molar-refractivity contribution in [2.75, 3.05) is 27.2 Å². The average molecular weight is 437 g/mol. The van der Waals surface area contributed by atoms with Crippen molar-refractivity contribution in [1.82, 2.24) is 10.6 Å². The van der Waals surface area contributed by atoms with Gasteiger partial charge in [0.25, 0.3) is 0 Å². The second-order valence-electron chi connectivity index (χ2n) is 6.35. The SMILES string of the molecule is CN=C(NCCc1ccc(F)cc1)NCC(OC)C(C)(C)C.I. The van der Waals surface area contributed by atoms with Gasteiger partial charge in [-0.1, -0.05) is 32.9 Å². The molecule has 0 aliphatic heterocycles. The molecule has 23 heavy (non-hydrogen) atoms. The molecule has 1 atom stereocenters. The van der Waals surface area contributed by atoms with Crippen molar-refractivity contribution >= 4 is 29.9 Å². The van der Waals surface area contributed by atoms with Crippen molar-refractivity contribution in [3.05, 3.63) is 35.6 Å². The molecule has 0 aliphatic rings. The van der Waals surface area contributed by atoms with Gasteiger partial charge in [0.2, 0.25) is 0 Å². The topological polar surface area (TPSA) is 45.7 Å². The molecule has 1 aromatic carbocycles. The molecule has 1 aromatic rings. The van der Waals surface area contributed by atoms with Crippen LogP contribution in [0, 0.1) is 11.2 Å². The summed E-state index contributed by atoms with van der Waals surface area (Å²) in [6, 6.07) is 6.56. The Kier molecular flexibility index (Phi) is 10.4. The third-order valence-electron chi connectivity index (χ3n) is 3.55. The Morgan fingerprint density at radius 2 is 1.83 bits per heavy atom. The van der Waals surface area contributed by atoms with E-state index in [2.05, 4.69) is 36.4 Å². The molecule has 6 heteroatoms. The van der Waals surface area contributed by atoms with E-state index in [9.17, 15) is 4.39 Å². The molecule has 0 aliphatic carbocycles. The van der Waals surface area contributed by atoms with Crippen molar-refractivity contribution in [3.63, 3.8) is 0 Å².